The van der Waals surface area contributed by atoms with Crippen molar-refractivity contribution in [1.29, 1.82) is 0 Å². The molecule has 0 aliphatic carbocycles. The van der Waals surface area contributed by atoms with Crippen molar-refractivity contribution in [1.82, 2.24) is 4.90 Å². The molecular formula is C12H22N2S. The molecule has 0 fully saturated rings. The van der Waals surface area contributed by atoms with E-state index in [1.165, 1.54) is 9.75 Å². The summed E-state index contributed by atoms with van der Waals surface area (Å²) in [6.45, 7) is 6.55. The summed E-state index contributed by atoms with van der Waals surface area (Å²) in [6.07, 6.45) is 1.05. The van der Waals surface area contributed by atoms with Crippen molar-refractivity contribution >= 4 is 11.3 Å². The first-order valence-electron chi connectivity index (χ1n) is 5.41. The molecule has 0 spiro atoms. The van der Waals surface area contributed by atoms with E-state index in [9.17, 15) is 0 Å². The van der Waals surface area contributed by atoms with Crippen LogP contribution in [0.15, 0.2) is 12.1 Å². The van der Waals surface area contributed by atoms with Gasteiger partial charge < -0.3 is 10.6 Å². The van der Waals surface area contributed by atoms with Crippen molar-refractivity contribution in [2.24, 2.45) is 5.73 Å². The van der Waals surface area contributed by atoms with Gasteiger partial charge in [-0.3, -0.25) is 0 Å². The summed E-state index contributed by atoms with van der Waals surface area (Å²) in [7, 11) is 4.20. The molecule has 1 heterocycles. The van der Waals surface area contributed by atoms with Gasteiger partial charge in [0, 0.05) is 15.3 Å². The van der Waals surface area contributed by atoms with Gasteiger partial charge >= 0.3 is 0 Å². The SMILES string of the molecule is CCC(C)(C(N)c1ccc(C)s1)N(C)C. The van der Waals surface area contributed by atoms with Crippen LogP contribution in [-0.2, 0) is 0 Å². The Bertz CT molecular complexity index is 319. The number of thiophene rings is 1. The minimum absolute atomic E-state index is 0.0390. The standard InChI is InChI=1S/C12H22N2S/c1-6-12(3,14(4)5)11(13)10-8-7-9(2)15-10/h7-8,11H,6,13H2,1-5H3. The second-order valence-electron chi connectivity index (χ2n) is 4.53. The van der Waals surface area contributed by atoms with Crippen molar-refractivity contribution in [3.05, 3.63) is 21.9 Å². The van der Waals surface area contributed by atoms with Crippen LogP contribution in [0.4, 0.5) is 0 Å². The Hall–Kier alpha value is -0.380. The molecule has 2 nitrogen and oxygen atoms in total. The van der Waals surface area contributed by atoms with Gasteiger partial charge in [0.1, 0.15) is 0 Å². The van der Waals surface area contributed by atoms with Crippen LogP contribution in [0.3, 0.4) is 0 Å². The highest BCUT2D eigenvalue weighted by Gasteiger charge is 2.33. The fraction of sp³-hybridized carbons (Fsp3) is 0.667. The highest BCUT2D eigenvalue weighted by molar-refractivity contribution is 7.12. The highest BCUT2D eigenvalue weighted by atomic mass is 32.1. The summed E-state index contributed by atoms with van der Waals surface area (Å²) in [5.74, 6) is 0. The topological polar surface area (TPSA) is 29.3 Å². The molecule has 86 valence electrons. The number of rotatable bonds is 4. The van der Waals surface area contributed by atoms with E-state index < -0.39 is 0 Å². The van der Waals surface area contributed by atoms with Crippen LogP contribution in [0.25, 0.3) is 0 Å². The first-order chi connectivity index (χ1) is 6.91. The summed E-state index contributed by atoms with van der Waals surface area (Å²) in [4.78, 5) is 4.84. The van der Waals surface area contributed by atoms with Crippen molar-refractivity contribution in [3.63, 3.8) is 0 Å². The van der Waals surface area contributed by atoms with E-state index in [2.05, 4.69) is 51.9 Å². The lowest BCUT2D eigenvalue weighted by molar-refractivity contribution is 0.133. The van der Waals surface area contributed by atoms with Gasteiger partial charge in [0.2, 0.25) is 0 Å². The molecule has 15 heavy (non-hydrogen) atoms. The summed E-state index contributed by atoms with van der Waals surface area (Å²) < 4.78 is 0. The van der Waals surface area contributed by atoms with E-state index in [1.807, 2.05) is 0 Å². The molecule has 0 saturated heterocycles. The number of nitrogens with two attached hydrogens (primary N) is 1. The van der Waals surface area contributed by atoms with E-state index in [0.29, 0.717) is 0 Å². The lowest BCUT2D eigenvalue weighted by Crippen LogP contribution is -2.49. The number of aryl methyl sites for hydroxylation is 1. The number of likely N-dealkylation sites (N-methyl/N-ethyl adjacent to an activating group) is 1. The third-order valence-electron chi connectivity index (χ3n) is 3.48. The molecule has 0 aliphatic rings. The summed E-state index contributed by atoms with van der Waals surface area (Å²) in [6, 6.07) is 4.39. The van der Waals surface area contributed by atoms with Crippen molar-refractivity contribution in [2.45, 2.75) is 38.8 Å². The predicted octanol–water partition coefficient (Wildman–Crippen LogP) is 2.79. The third-order valence-corrected chi connectivity index (χ3v) is 4.56. The Kier molecular flexibility index (Phi) is 3.93. The van der Waals surface area contributed by atoms with Crippen molar-refractivity contribution < 1.29 is 0 Å². The number of nitrogens with zero attached hydrogens (tertiary/aromatic N) is 1. The van der Waals surface area contributed by atoms with Crippen molar-refractivity contribution in [3.8, 4) is 0 Å². The molecular weight excluding hydrogens is 204 g/mol. The zero-order valence-electron chi connectivity index (χ0n) is 10.4. The third kappa shape index (κ3) is 2.41. The molecule has 0 radical (unpaired) electrons. The maximum atomic E-state index is 6.37. The Morgan fingerprint density at radius 1 is 1.47 bits per heavy atom. The number of hydrogen-bond donors (Lipinski definition) is 1. The summed E-state index contributed by atoms with van der Waals surface area (Å²) in [5, 5.41) is 0. The maximum absolute atomic E-state index is 6.37. The van der Waals surface area contributed by atoms with Gasteiger partial charge in [-0.05, 0) is 46.5 Å². The van der Waals surface area contributed by atoms with Gasteiger partial charge in [-0.2, -0.15) is 0 Å². The van der Waals surface area contributed by atoms with E-state index in [4.69, 9.17) is 5.73 Å². The molecule has 0 aliphatic heterocycles. The van der Waals surface area contributed by atoms with Crippen LogP contribution >= 0.6 is 11.3 Å². The molecule has 0 amide bonds. The lowest BCUT2D eigenvalue weighted by Gasteiger charge is -2.40. The molecule has 0 bridgehead atoms. The molecule has 1 aromatic heterocycles. The molecule has 2 N–H and O–H groups in total. The van der Waals surface area contributed by atoms with E-state index >= 15 is 0 Å². The van der Waals surface area contributed by atoms with Gasteiger partial charge in [0.15, 0.2) is 0 Å². The second-order valence-corrected chi connectivity index (χ2v) is 5.85. The quantitative estimate of drug-likeness (QED) is 0.855. The molecule has 1 aromatic rings. The second kappa shape index (κ2) is 4.64. The zero-order valence-corrected chi connectivity index (χ0v) is 11.2. The smallest absolute Gasteiger partial charge is 0.0573 e. The Morgan fingerprint density at radius 2 is 2.07 bits per heavy atom. The summed E-state index contributed by atoms with van der Waals surface area (Å²) >= 11 is 1.80. The molecule has 3 heteroatoms. The van der Waals surface area contributed by atoms with Crippen LogP contribution in [0, 0.1) is 6.92 Å². The average Bonchev–Trinajstić information content (AvgIpc) is 2.62. The fourth-order valence-electron chi connectivity index (χ4n) is 1.74. The fourth-order valence-corrected chi connectivity index (χ4v) is 2.77. The van der Waals surface area contributed by atoms with Crippen molar-refractivity contribution in [2.75, 3.05) is 14.1 Å². The van der Waals surface area contributed by atoms with Crippen LogP contribution < -0.4 is 5.73 Å². The minimum Gasteiger partial charge on any atom is -0.322 e. The molecule has 1 rings (SSSR count). The van der Waals surface area contributed by atoms with Gasteiger partial charge in [0.25, 0.3) is 0 Å². The van der Waals surface area contributed by atoms with Gasteiger partial charge in [0.05, 0.1) is 6.04 Å². The van der Waals surface area contributed by atoms with E-state index in [-0.39, 0.29) is 11.6 Å². The largest absolute Gasteiger partial charge is 0.322 e. The number of hydrogen-bond acceptors (Lipinski definition) is 3. The van der Waals surface area contributed by atoms with Gasteiger partial charge in [-0.15, -0.1) is 11.3 Å². The average molecular weight is 226 g/mol. The first kappa shape index (κ1) is 12.7. The van der Waals surface area contributed by atoms with Crippen LogP contribution in [0.5, 0.6) is 0 Å². The molecule has 2 unspecified atom stereocenters. The lowest BCUT2D eigenvalue weighted by atomic mass is 9.87. The Morgan fingerprint density at radius 3 is 2.40 bits per heavy atom. The van der Waals surface area contributed by atoms with Crippen LogP contribution in [-0.4, -0.2) is 24.5 Å². The first-order valence-corrected chi connectivity index (χ1v) is 6.22. The monoisotopic (exact) mass is 226 g/mol. The predicted molar refractivity (Wildman–Crippen MR) is 68.4 cm³/mol. The minimum atomic E-state index is 0.0390. The van der Waals surface area contributed by atoms with Gasteiger partial charge in [-0.25, -0.2) is 0 Å². The normalized spacial score (nSPS) is 17.8. The molecule has 0 aromatic carbocycles. The van der Waals surface area contributed by atoms with E-state index in [1.54, 1.807) is 11.3 Å². The highest BCUT2D eigenvalue weighted by Crippen LogP contribution is 2.33. The van der Waals surface area contributed by atoms with Crippen LogP contribution in [0.2, 0.25) is 0 Å². The molecule has 0 saturated carbocycles. The van der Waals surface area contributed by atoms with E-state index in [0.717, 1.165) is 6.42 Å². The Balaban J connectivity index is 2.96. The van der Waals surface area contributed by atoms with Gasteiger partial charge in [-0.1, -0.05) is 6.92 Å². The Labute approximate surface area is 97.1 Å². The maximum Gasteiger partial charge on any atom is 0.0573 e. The molecule has 2 atom stereocenters. The van der Waals surface area contributed by atoms with Crippen LogP contribution in [0.1, 0.15) is 36.1 Å². The summed E-state index contributed by atoms with van der Waals surface area (Å²) in [5.41, 5.74) is 6.41. The zero-order chi connectivity index (χ0) is 11.6.